The molecule has 2 heterocycles. The van der Waals surface area contributed by atoms with Crippen LogP contribution in [0.15, 0.2) is 35.1 Å². The summed E-state index contributed by atoms with van der Waals surface area (Å²) in [4.78, 5) is 30.2. The van der Waals surface area contributed by atoms with Crippen LogP contribution in [0.25, 0.3) is 6.08 Å². The molecule has 0 unspecified atom stereocenters. The number of nitrogens with zero attached hydrogens (tertiary/aromatic N) is 2. The predicted octanol–water partition coefficient (Wildman–Crippen LogP) is 1.73. The molecular formula is C13H11N3O4. The molecule has 0 bridgehead atoms. The normalized spacial score (nSPS) is 10.7. The number of carboxylic acid groups (broad SMARTS) is 1. The molecule has 1 amide bonds. The molecule has 2 rings (SSSR count). The Balaban J connectivity index is 2.14. The van der Waals surface area contributed by atoms with E-state index < -0.39 is 11.9 Å². The maximum atomic E-state index is 11.9. The number of aliphatic carboxylic acids is 1. The molecule has 0 spiro atoms. The Morgan fingerprint density at radius 2 is 2.20 bits per heavy atom. The number of anilines is 1. The van der Waals surface area contributed by atoms with E-state index in [4.69, 9.17) is 9.52 Å². The first-order valence-corrected chi connectivity index (χ1v) is 5.66. The molecule has 102 valence electrons. The van der Waals surface area contributed by atoms with Crippen molar-refractivity contribution in [2.45, 2.75) is 6.92 Å². The summed E-state index contributed by atoms with van der Waals surface area (Å²) in [5.41, 5.74) is 0.893. The topological polar surface area (TPSA) is 105 Å². The van der Waals surface area contributed by atoms with Crippen LogP contribution in [0, 0.1) is 6.92 Å². The Morgan fingerprint density at radius 1 is 1.40 bits per heavy atom. The molecule has 2 aromatic rings. The first-order valence-electron chi connectivity index (χ1n) is 5.66. The number of pyridine rings is 1. The van der Waals surface area contributed by atoms with Crippen molar-refractivity contribution in [1.29, 1.82) is 0 Å². The number of amides is 1. The zero-order chi connectivity index (χ0) is 14.5. The molecule has 0 saturated carbocycles. The van der Waals surface area contributed by atoms with Crippen LogP contribution in [0.2, 0.25) is 0 Å². The molecular weight excluding hydrogens is 262 g/mol. The largest absolute Gasteiger partial charge is 0.478 e. The zero-order valence-electron chi connectivity index (χ0n) is 10.5. The molecule has 0 aliphatic carbocycles. The van der Waals surface area contributed by atoms with E-state index in [1.807, 2.05) is 0 Å². The number of hydrogen-bond donors (Lipinski definition) is 2. The van der Waals surface area contributed by atoms with Gasteiger partial charge in [-0.15, -0.1) is 0 Å². The molecule has 20 heavy (non-hydrogen) atoms. The number of hydrogen-bond acceptors (Lipinski definition) is 5. The lowest BCUT2D eigenvalue weighted by Gasteiger charge is -2.03. The van der Waals surface area contributed by atoms with E-state index in [9.17, 15) is 9.59 Å². The monoisotopic (exact) mass is 273 g/mol. The van der Waals surface area contributed by atoms with E-state index >= 15 is 0 Å². The minimum Gasteiger partial charge on any atom is -0.478 e. The maximum Gasteiger partial charge on any atom is 0.328 e. The minimum absolute atomic E-state index is 0.110. The fraction of sp³-hybridized carbons (Fsp3) is 0.0769. The van der Waals surface area contributed by atoms with Crippen molar-refractivity contribution in [2.75, 3.05) is 5.32 Å². The minimum atomic E-state index is -1.07. The quantitative estimate of drug-likeness (QED) is 0.822. The van der Waals surface area contributed by atoms with E-state index in [-0.39, 0.29) is 5.76 Å². The van der Waals surface area contributed by atoms with Crippen LogP contribution in [-0.2, 0) is 4.79 Å². The highest BCUT2D eigenvalue weighted by Crippen LogP contribution is 2.11. The van der Waals surface area contributed by atoms with Crippen LogP contribution < -0.4 is 5.32 Å². The van der Waals surface area contributed by atoms with Gasteiger partial charge in [0.2, 0.25) is 5.76 Å². The Hall–Kier alpha value is -2.96. The summed E-state index contributed by atoms with van der Waals surface area (Å²) >= 11 is 0. The highest BCUT2D eigenvalue weighted by atomic mass is 16.4. The van der Waals surface area contributed by atoms with Crippen LogP contribution in [-0.4, -0.2) is 27.0 Å². The number of aryl methyl sites for hydroxylation is 1. The van der Waals surface area contributed by atoms with Gasteiger partial charge < -0.3 is 14.8 Å². The predicted molar refractivity (Wildman–Crippen MR) is 70.1 cm³/mol. The van der Waals surface area contributed by atoms with Crippen molar-refractivity contribution in [1.82, 2.24) is 9.97 Å². The van der Waals surface area contributed by atoms with Crippen LogP contribution in [0.4, 0.5) is 5.82 Å². The Morgan fingerprint density at radius 3 is 2.85 bits per heavy atom. The van der Waals surface area contributed by atoms with Gasteiger partial charge in [0.1, 0.15) is 5.82 Å². The number of carboxylic acids is 1. The van der Waals surface area contributed by atoms with Crippen molar-refractivity contribution < 1.29 is 19.1 Å². The molecule has 7 nitrogen and oxygen atoms in total. The Labute approximate surface area is 114 Å². The average molecular weight is 273 g/mol. The lowest BCUT2D eigenvalue weighted by atomic mass is 10.3. The molecule has 0 radical (unpaired) electrons. The average Bonchev–Trinajstić information content (AvgIpc) is 2.83. The summed E-state index contributed by atoms with van der Waals surface area (Å²) in [7, 11) is 0. The summed E-state index contributed by atoms with van der Waals surface area (Å²) in [6, 6.07) is 4.86. The first-order chi connectivity index (χ1) is 9.56. The number of oxazole rings is 1. The van der Waals surface area contributed by atoms with E-state index in [1.54, 1.807) is 25.1 Å². The molecule has 2 N–H and O–H groups in total. The van der Waals surface area contributed by atoms with E-state index in [2.05, 4.69) is 15.3 Å². The fourth-order valence-corrected chi connectivity index (χ4v) is 1.46. The molecule has 0 atom stereocenters. The van der Waals surface area contributed by atoms with Gasteiger partial charge >= 0.3 is 5.97 Å². The molecule has 0 saturated heterocycles. The third kappa shape index (κ3) is 3.29. The van der Waals surface area contributed by atoms with Gasteiger partial charge in [0.05, 0.1) is 11.4 Å². The summed E-state index contributed by atoms with van der Waals surface area (Å²) in [6.45, 7) is 1.65. The van der Waals surface area contributed by atoms with Gasteiger partial charge in [0.25, 0.3) is 5.91 Å². The lowest BCUT2D eigenvalue weighted by molar-refractivity contribution is -0.131. The molecule has 2 aromatic heterocycles. The highest BCUT2D eigenvalue weighted by Gasteiger charge is 2.14. The summed E-state index contributed by atoms with van der Waals surface area (Å²) < 4.78 is 4.96. The van der Waals surface area contributed by atoms with Crippen LogP contribution >= 0.6 is 0 Å². The molecule has 0 aliphatic heterocycles. The van der Waals surface area contributed by atoms with Crippen molar-refractivity contribution in [3.05, 3.63) is 47.8 Å². The fourth-order valence-electron chi connectivity index (χ4n) is 1.46. The van der Waals surface area contributed by atoms with Gasteiger partial charge in [-0.25, -0.2) is 14.8 Å². The second-order valence-corrected chi connectivity index (χ2v) is 3.84. The maximum absolute atomic E-state index is 11.9. The highest BCUT2D eigenvalue weighted by molar-refractivity contribution is 6.02. The van der Waals surface area contributed by atoms with Gasteiger partial charge in [-0.3, -0.25) is 4.79 Å². The van der Waals surface area contributed by atoms with Gasteiger partial charge in [0, 0.05) is 6.08 Å². The second kappa shape index (κ2) is 5.79. The van der Waals surface area contributed by atoms with Gasteiger partial charge in [0.15, 0.2) is 6.39 Å². The standard InChI is InChI=1S/C13H11N3O4/c1-8-12(20-7-14-8)13(19)16-10-4-2-3-9(15-10)5-6-11(17)18/h2-7H,1H3,(H,17,18)(H,15,16,19)/b6-5+. The van der Waals surface area contributed by atoms with Gasteiger partial charge in [-0.05, 0) is 25.1 Å². The second-order valence-electron chi connectivity index (χ2n) is 3.84. The van der Waals surface area contributed by atoms with Crippen molar-refractivity contribution >= 4 is 23.8 Å². The smallest absolute Gasteiger partial charge is 0.328 e. The molecule has 0 aromatic carbocycles. The summed E-state index contributed by atoms with van der Waals surface area (Å²) in [5, 5.41) is 11.1. The molecule has 0 fully saturated rings. The SMILES string of the molecule is Cc1ncoc1C(=O)Nc1cccc(/C=C/C(=O)O)n1. The number of carbonyl (C=O) groups excluding carboxylic acids is 1. The van der Waals surface area contributed by atoms with E-state index in [0.717, 1.165) is 6.08 Å². The Kier molecular flexibility index (Phi) is 3.90. The van der Waals surface area contributed by atoms with Gasteiger partial charge in [-0.1, -0.05) is 6.07 Å². The van der Waals surface area contributed by atoms with Crippen LogP contribution in [0.5, 0.6) is 0 Å². The summed E-state index contributed by atoms with van der Waals surface area (Å²) in [6.07, 6.45) is 3.48. The number of rotatable bonds is 4. The zero-order valence-corrected chi connectivity index (χ0v) is 10.5. The van der Waals surface area contributed by atoms with Crippen molar-refractivity contribution in [3.8, 4) is 0 Å². The number of nitrogens with one attached hydrogen (secondary N) is 1. The third-order valence-electron chi connectivity index (χ3n) is 2.36. The molecule has 0 aliphatic rings. The first kappa shape index (κ1) is 13.5. The van der Waals surface area contributed by atoms with Gasteiger partial charge in [-0.2, -0.15) is 0 Å². The van der Waals surface area contributed by atoms with Crippen molar-refractivity contribution in [3.63, 3.8) is 0 Å². The molecule has 7 heteroatoms. The van der Waals surface area contributed by atoms with Crippen LogP contribution in [0.3, 0.4) is 0 Å². The van der Waals surface area contributed by atoms with E-state index in [0.29, 0.717) is 17.2 Å². The Bertz CT molecular complexity index is 676. The van der Waals surface area contributed by atoms with Crippen LogP contribution in [0.1, 0.15) is 21.9 Å². The number of carbonyl (C=O) groups is 2. The third-order valence-corrected chi connectivity index (χ3v) is 2.36. The number of aromatic nitrogens is 2. The lowest BCUT2D eigenvalue weighted by Crippen LogP contribution is -2.13. The summed E-state index contributed by atoms with van der Waals surface area (Å²) in [5.74, 6) is -1.14. The van der Waals surface area contributed by atoms with Crippen molar-refractivity contribution in [2.24, 2.45) is 0 Å². The van der Waals surface area contributed by atoms with E-state index in [1.165, 1.54) is 12.5 Å².